The molecular formula is C12H12BF9O6. The second-order valence-electron chi connectivity index (χ2n) is 4.16. The summed E-state index contributed by atoms with van der Waals surface area (Å²) in [4.78, 5) is 0. The molecule has 162 valence electrons. The number of ether oxygens (including phenoxy) is 3. The van der Waals surface area contributed by atoms with Crippen molar-refractivity contribution in [2.75, 3.05) is 21.3 Å². The molecule has 16 heteroatoms. The number of alkyl halides is 3. The van der Waals surface area contributed by atoms with Crippen molar-refractivity contribution in [3.05, 3.63) is 35.5 Å². The van der Waals surface area contributed by atoms with Crippen LogP contribution in [0.2, 0.25) is 0 Å². The van der Waals surface area contributed by atoms with E-state index in [2.05, 4.69) is 28.2 Å². The molecule has 0 saturated carbocycles. The molecule has 6 nitrogen and oxygen atoms in total. The van der Waals surface area contributed by atoms with Crippen LogP contribution in [0.5, 0.6) is 0 Å². The van der Waals surface area contributed by atoms with Crippen LogP contribution in [0.15, 0.2) is 35.5 Å². The number of hydrogen-bond acceptors (Lipinski definition) is 6. The van der Waals surface area contributed by atoms with Crippen LogP contribution in [-0.4, -0.2) is 47.7 Å². The number of rotatable bonds is 12. The first-order valence-corrected chi connectivity index (χ1v) is 6.66. The Hall–Kier alpha value is -2.07. The highest BCUT2D eigenvalue weighted by atomic mass is 19.2. The van der Waals surface area contributed by atoms with E-state index in [0.717, 1.165) is 0 Å². The summed E-state index contributed by atoms with van der Waals surface area (Å²) >= 11 is 0. The molecule has 0 aliphatic carbocycles. The minimum atomic E-state index is -3.29. The third-order valence-electron chi connectivity index (χ3n) is 2.38. The van der Waals surface area contributed by atoms with E-state index in [1.807, 2.05) is 0 Å². The molecule has 0 aliphatic rings. The van der Waals surface area contributed by atoms with E-state index < -0.39 is 61.9 Å². The van der Waals surface area contributed by atoms with Crippen LogP contribution in [0.1, 0.15) is 0 Å². The number of halogens is 9. The van der Waals surface area contributed by atoms with Crippen LogP contribution in [0.3, 0.4) is 0 Å². The molecule has 0 aromatic rings. The molecule has 0 N–H and O–H groups in total. The lowest BCUT2D eigenvalue weighted by molar-refractivity contribution is -0.00857. The Balaban J connectivity index is 5.73. The van der Waals surface area contributed by atoms with Crippen LogP contribution < -0.4 is 0 Å². The Bertz CT molecular complexity index is 521. The lowest BCUT2D eigenvalue weighted by Gasteiger charge is -2.15. The molecule has 0 rings (SSSR count). The third kappa shape index (κ3) is 7.89. The monoisotopic (exact) mass is 434 g/mol. The zero-order chi connectivity index (χ0) is 22.0. The van der Waals surface area contributed by atoms with Crippen molar-refractivity contribution in [3.63, 3.8) is 0 Å². The highest BCUT2D eigenvalue weighted by Crippen LogP contribution is 2.25. The normalized spacial score (nSPS) is 17.6. The fourth-order valence-corrected chi connectivity index (χ4v) is 1.07. The van der Waals surface area contributed by atoms with Crippen molar-refractivity contribution in [3.8, 4) is 0 Å². The van der Waals surface area contributed by atoms with Crippen molar-refractivity contribution >= 4 is 7.32 Å². The van der Waals surface area contributed by atoms with Crippen molar-refractivity contribution in [2.24, 2.45) is 0 Å². The van der Waals surface area contributed by atoms with E-state index in [0.29, 0.717) is 21.3 Å². The van der Waals surface area contributed by atoms with Gasteiger partial charge in [-0.25, -0.2) is 13.2 Å². The summed E-state index contributed by atoms with van der Waals surface area (Å²) in [6.45, 7) is 0. The minimum Gasteiger partial charge on any atom is -0.465 e. The predicted molar refractivity (Wildman–Crippen MR) is 72.5 cm³/mol. The molecule has 0 heterocycles. The predicted octanol–water partition coefficient (Wildman–Crippen LogP) is 4.17. The van der Waals surface area contributed by atoms with Gasteiger partial charge in [-0.15, -0.1) is 0 Å². The van der Waals surface area contributed by atoms with Gasteiger partial charge in [-0.2, -0.15) is 26.3 Å². The van der Waals surface area contributed by atoms with Crippen LogP contribution >= 0.6 is 0 Å². The molecule has 0 bridgehead atoms. The van der Waals surface area contributed by atoms with E-state index in [1.54, 1.807) is 0 Å². The zero-order valence-electron chi connectivity index (χ0n) is 14.2. The lowest BCUT2D eigenvalue weighted by atomic mass is 10.2. The third-order valence-corrected chi connectivity index (χ3v) is 2.38. The summed E-state index contributed by atoms with van der Waals surface area (Å²) in [6.07, 6.45) is -9.20. The van der Waals surface area contributed by atoms with Crippen molar-refractivity contribution in [1.82, 2.24) is 0 Å². The molecule has 0 spiro atoms. The summed E-state index contributed by atoms with van der Waals surface area (Å²) in [5.41, 5.74) is 0. The van der Waals surface area contributed by atoms with Gasteiger partial charge in [-0.05, 0) is 0 Å². The molecule has 0 aromatic carbocycles. The van der Waals surface area contributed by atoms with Gasteiger partial charge in [-0.1, -0.05) is 0 Å². The summed E-state index contributed by atoms with van der Waals surface area (Å²) in [7, 11) is -1.55. The zero-order valence-corrected chi connectivity index (χ0v) is 14.2. The van der Waals surface area contributed by atoms with Gasteiger partial charge in [0.2, 0.25) is 17.5 Å². The molecule has 28 heavy (non-hydrogen) atoms. The van der Waals surface area contributed by atoms with Gasteiger partial charge in [-0.3, -0.25) is 0 Å². The van der Waals surface area contributed by atoms with Gasteiger partial charge in [0, 0.05) is 21.3 Å². The first-order chi connectivity index (χ1) is 13.0. The molecule has 0 fully saturated rings. The number of hydrogen-bond donors (Lipinski definition) is 0. The molecule has 3 unspecified atom stereocenters. The lowest BCUT2D eigenvalue weighted by Crippen LogP contribution is -2.27. The van der Waals surface area contributed by atoms with Crippen LogP contribution in [-0.2, 0) is 28.2 Å². The maximum Gasteiger partial charge on any atom is 0.869 e. The van der Waals surface area contributed by atoms with Crippen molar-refractivity contribution in [1.29, 1.82) is 0 Å². The van der Waals surface area contributed by atoms with E-state index in [9.17, 15) is 39.5 Å². The van der Waals surface area contributed by atoms with Gasteiger partial charge in [0.15, 0.2) is 0 Å². The average Bonchev–Trinajstić information content (AvgIpc) is 2.69. The van der Waals surface area contributed by atoms with Gasteiger partial charge in [0.1, 0.15) is 0 Å². The highest BCUT2D eigenvalue weighted by Gasteiger charge is 2.39. The minimum absolute atomic E-state index is 0.579. The van der Waals surface area contributed by atoms with Gasteiger partial charge in [0.05, 0.1) is 0 Å². The maximum absolute atomic E-state index is 13.4. The second-order valence-corrected chi connectivity index (χ2v) is 4.16. The SMILES string of the molecule is COC(F)/C(F)=C(\F)OB(O/C(F)=C(\F)C(F)OC)O/C(F)=C(\F)C(F)OC. The maximum atomic E-state index is 13.4. The van der Waals surface area contributed by atoms with Crippen molar-refractivity contribution in [2.45, 2.75) is 19.1 Å². The highest BCUT2D eigenvalue weighted by molar-refractivity contribution is 6.37. The average molecular weight is 434 g/mol. The summed E-state index contributed by atoms with van der Waals surface area (Å²) in [5, 5.41) is 0. The number of methoxy groups -OCH3 is 3. The first-order valence-electron chi connectivity index (χ1n) is 6.66. The van der Waals surface area contributed by atoms with E-state index >= 15 is 0 Å². The summed E-state index contributed by atoms with van der Waals surface area (Å²) in [6, 6.07) is -7.85. The molecular weight excluding hydrogens is 422 g/mol. The summed E-state index contributed by atoms with van der Waals surface area (Å²) in [5.74, 6) is -7.35. The smallest absolute Gasteiger partial charge is 0.465 e. The van der Waals surface area contributed by atoms with E-state index in [4.69, 9.17) is 0 Å². The fourth-order valence-electron chi connectivity index (χ4n) is 1.07. The topological polar surface area (TPSA) is 55.4 Å². The Morgan fingerprint density at radius 2 is 0.750 bits per heavy atom. The second kappa shape index (κ2) is 12.4. The standard InChI is InChI=1S/C12H12BF9O6/c1-23-7(17)4(14)10(20)26-13(27-11(21)5(15)8(18)24-2)28-12(22)6(16)9(19)25-3/h7-9H,1-3H3/b10-4-,11-5-,12-6-. The molecule has 0 amide bonds. The van der Waals surface area contributed by atoms with Crippen LogP contribution in [0.25, 0.3) is 0 Å². The Labute approximate surface area is 152 Å². The first kappa shape index (κ1) is 25.9. The molecule has 0 radical (unpaired) electrons. The van der Waals surface area contributed by atoms with E-state index in [1.165, 1.54) is 0 Å². The van der Waals surface area contributed by atoms with Gasteiger partial charge >= 0.3 is 7.32 Å². The fraction of sp³-hybridized carbons (Fsp3) is 0.500. The quantitative estimate of drug-likeness (QED) is 0.261. The van der Waals surface area contributed by atoms with Gasteiger partial charge < -0.3 is 28.2 Å². The Morgan fingerprint density at radius 1 is 0.536 bits per heavy atom. The van der Waals surface area contributed by atoms with Gasteiger partial charge in [0.25, 0.3) is 37.1 Å². The Kier molecular flexibility index (Phi) is 11.5. The van der Waals surface area contributed by atoms with Crippen molar-refractivity contribution < 1.29 is 67.7 Å². The van der Waals surface area contributed by atoms with E-state index in [-0.39, 0.29) is 0 Å². The molecule has 0 saturated heterocycles. The molecule has 3 atom stereocenters. The summed E-state index contributed by atoms with van der Waals surface area (Å²) < 4.78 is 140. The van der Waals surface area contributed by atoms with Crippen LogP contribution in [0, 0.1) is 0 Å². The largest absolute Gasteiger partial charge is 0.869 e. The van der Waals surface area contributed by atoms with Crippen LogP contribution in [0.4, 0.5) is 39.5 Å². The molecule has 0 aromatic heterocycles. The molecule has 0 aliphatic heterocycles. The Morgan fingerprint density at radius 3 is 0.929 bits per heavy atom.